The van der Waals surface area contributed by atoms with Crippen LogP contribution in [0, 0.1) is 6.92 Å². The van der Waals surface area contributed by atoms with E-state index in [-0.39, 0.29) is 23.2 Å². The first-order valence-electron chi connectivity index (χ1n) is 9.88. The highest BCUT2D eigenvalue weighted by Crippen LogP contribution is 2.33. The van der Waals surface area contributed by atoms with Gasteiger partial charge >= 0.3 is 0 Å². The zero-order chi connectivity index (χ0) is 22.9. The highest BCUT2D eigenvalue weighted by Gasteiger charge is 2.25. The Hall–Kier alpha value is -1.71. The second kappa shape index (κ2) is 10.5. The molecule has 0 spiro atoms. The quantitative estimate of drug-likeness (QED) is 0.439. The second-order valence-electron chi connectivity index (χ2n) is 7.95. The van der Waals surface area contributed by atoms with Crippen LogP contribution in [-0.2, 0) is 9.84 Å². The Balaban J connectivity index is 0.00000363. The SMILES string of the molecule is Cc1cc(Cl)cc2sc(N(CCN(C)C)C(=O)c3cccc(S(=O)(=O)C(C)C)c3)nc12.Cl. The molecule has 0 saturated carbocycles. The predicted octanol–water partition coefficient (Wildman–Crippen LogP) is 5.07. The van der Waals surface area contributed by atoms with Gasteiger partial charge in [0, 0.05) is 23.7 Å². The van der Waals surface area contributed by atoms with E-state index in [9.17, 15) is 13.2 Å². The highest BCUT2D eigenvalue weighted by molar-refractivity contribution is 7.92. The van der Waals surface area contributed by atoms with E-state index in [1.54, 1.807) is 30.9 Å². The summed E-state index contributed by atoms with van der Waals surface area (Å²) >= 11 is 7.59. The number of fused-ring (bicyclic) bond motifs is 1. The number of hydrogen-bond donors (Lipinski definition) is 0. The van der Waals surface area contributed by atoms with Crippen LogP contribution in [0.25, 0.3) is 10.2 Å². The second-order valence-corrected chi connectivity index (χ2v) is 11.9. The number of aromatic nitrogens is 1. The van der Waals surface area contributed by atoms with E-state index in [1.807, 2.05) is 38.1 Å². The maximum absolute atomic E-state index is 13.5. The van der Waals surface area contributed by atoms with Crippen LogP contribution < -0.4 is 4.90 Å². The maximum Gasteiger partial charge on any atom is 0.260 e. The summed E-state index contributed by atoms with van der Waals surface area (Å²) in [4.78, 5) is 21.9. The Morgan fingerprint density at radius 3 is 2.47 bits per heavy atom. The van der Waals surface area contributed by atoms with Crippen molar-refractivity contribution in [2.75, 3.05) is 32.1 Å². The minimum absolute atomic E-state index is 0. The van der Waals surface area contributed by atoms with Gasteiger partial charge in [0.25, 0.3) is 5.91 Å². The van der Waals surface area contributed by atoms with Crippen molar-refractivity contribution in [2.24, 2.45) is 0 Å². The lowest BCUT2D eigenvalue weighted by Crippen LogP contribution is -2.36. The molecule has 3 aromatic rings. The van der Waals surface area contributed by atoms with Crippen LogP contribution in [0.3, 0.4) is 0 Å². The van der Waals surface area contributed by atoms with Gasteiger partial charge in [-0.1, -0.05) is 29.0 Å². The standard InChI is InChI=1S/C22H26ClN3O3S2.ClH/c1-14(2)31(28,29)18-8-6-7-16(12-18)21(27)26(10-9-25(4)5)22-24-20-15(3)11-17(23)13-19(20)30-22;/h6-8,11-14H,9-10H2,1-5H3;1H. The number of carbonyl (C=O) groups excluding carboxylic acids is 1. The lowest BCUT2D eigenvalue weighted by Gasteiger charge is -2.22. The van der Waals surface area contributed by atoms with Gasteiger partial charge in [0.1, 0.15) is 0 Å². The summed E-state index contributed by atoms with van der Waals surface area (Å²) in [5.74, 6) is -0.287. The third-order valence-electron chi connectivity index (χ3n) is 4.92. The average Bonchev–Trinajstić information content (AvgIpc) is 3.11. The van der Waals surface area contributed by atoms with Crippen molar-refractivity contribution in [1.82, 2.24) is 9.88 Å². The van der Waals surface area contributed by atoms with E-state index in [0.29, 0.717) is 28.8 Å². The summed E-state index contributed by atoms with van der Waals surface area (Å²) in [7, 11) is 0.376. The van der Waals surface area contributed by atoms with Gasteiger partial charge in [0.15, 0.2) is 15.0 Å². The predicted molar refractivity (Wildman–Crippen MR) is 136 cm³/mol. The zero-order valence-corrected chi connectivity index (χ0v) is 21.8. The number of sulfone groups is 1. The Morgan fingerprint density at radius 1 is 1.16 bits per heavy atom. The van der Waals surface area contributed by atoms with Gasteiger partial charge in [-0.15, -0.1) is 12.4 Å². The third kappa shape index (κ3) is 5.61. The van der Waals surface area contributed by atoms with Gasteiger partial charge in [-0.05, 0) is 70.8 Å². The Kier molecular flexibility index (Phi) is 8.69. The van der Waals surface area contributed by atoms with Crippen LogP contribution in [0.5, 0.6) is 0 Å². The van der Waals surface area contributed by atoms with Gasteiger partial charge in [0.2, 0.25) is 0 Å². The number of aryl methyl sites for hydroxylation is 1. The molecule has 0 aliphatic rings. The molecule has 0 atom stereocenters. The van der Waals surface area contributed by atoms with Crippen LogP contribution in [0.15, 0.2) is 41.3 Å². The molecule has 0 unspecified atom stereocenters. The van der Waals surface area contributed by atoms with Gasteiger partial charge in [-0.3, -0.25) is 9.69 Å². The van der Waals surface area contributed by atoms with E-state index in [4.69, 9.17) is 16.6 Å². The molecule has 32 heavy (non-hydrogen) atoms. The molecule has 6 nitrogen and oxygen atoms in total. The fourth-order valence-corrected chi connectivity index (χ4v) is 5.62. The van der Waals surface area contributed by atoms with Gasteiger partial charge in [0.05, 0.1) is 20.4 Å². The number of halogens is 2. The topological polar surface area (TPSA) is 70.6 Å². The molecule has 1 aromatic heterocycles. The first kappa shape index (κ1) is 26.5. The number of anilines is 1. The number of hydrogen-bond acceptors (Lipinski definition) is 6. The minimum Gasteiger partial charge on any atom is -0.308 e. The van der Waals surface area contributed by atoms with Crippen molar-refractivity contribution in [3.63, 3.8) is 0 Å². The van der Waals surface area contributed by atoms with Crippen LogP contribution in [-0.4, -0.2) is 56.6 Å². The lowest BCUT2D eigenvalue weighted by atomic mass is 10.2. The molecular weight excluding hydrogens is 489 g/mol. The van der Waals surface area contributed by atoms with E-state index < -0.39 is 15.1 Å². The van der Waals surface area contributed by atoms with Crippen molar-refractivity contribution in [1.29, 1.82) is 0 Å². The molecule has 0 N–H and O–H groups in total. The Morgan fingerprint density at radius 2 is 1.84 bits per heavy atom. The number of thiazole rings is 1. The molecule has 1 amide bonds. The number of rotatable bonds is 7. The van der Waals surface area contributed by atoms with Gasteiger partial charge < -0.3 is 4.90 Å². The average molecular weight is 517 g/mol. The van der Waals surface area contributed by atoms with Crippen LogP contribution in [0.2, 0.25) is 5.02 Å². The summed E-state index contributed by atoms with van der Waals surface area (Å²) in [6, 6.07) is 9.92. The first-order valence-corrected chi connectivity index (χ1v) is 12.6. The monoisotopic (exact) mass is 515 g/mol. The molecule has 0 fully saturated rings. The van der Waals surface area contributed by atoms with E-state index in [2.05, 4.69) is 0 Å². The number of likely N-dealkylation sites (N-methyl/N-ethyl adjacent to an activating group) is 1. The fraction of sp³-hybridized carbons (Fsp3) is 0.364. The maximum atomic E-state index is 13.5. The molecule has 10 heteroatoms. The molecule has 3 rings (SSSR count). The van der Waals surface area contributed by atoms with E-state index >= 15 is 0 Å². The molecule has 174 valence electrons. The van der Waals surface area contributed by atoms with Crippen molar-refractivity contribution in [3.8, 4) is 0 Å². The summed E-state index contributed by atoms with van der Waals surface area (Å²) in [5.41, 5.74) is 2.06. The van der Waals surface area contributed by atoms with Crippen LogP contribution in [0.1, 0.15) is 29.8 Å². The molecule has 0 aliphatic heterocycles. The van der Waals surface area contributed by atoms with Crippen molar-refractivity contribution in [3.05, 3.63) is 52.5 Å². The molecule has 2 aromatic carbocycles. The number of nitrogens with zero attached hydrogens (tertiary/aromatic N) is 3. The molecule has 0 bridgehead atoms. The van der Waals surface area contributed by atoms with Gasteiger partial charge in [-0.2, -0.15) is 0 Å². The van der Waals surface area contributed by atoms with E-state index in [0.717, 1.165) is 15.8 Å². The lowest BCUT2D eigenvalue weighted by molar-refractivity contribution is 0.0985. The first-order chi connectivity index (χ1) is 14.5. The fourth-order valence-electron chi connectivity index (χ4n) is 3.08. The number of carbonyl (C=O) groups is 1. The largest absolute Gasteiger partial charge is 0.308 e. The summed E-state index contributed by atoms with van der Waals surface area (Å²) in [5, 5.41) is 0.613. The number of amides is 1. The van der Waals surface area contributed by atoms with Crippen molar-refractivity contribution in [2.45, 2.75) is 30.9 Å². The third-order valence-corrected chi connectivity index (χ3v) is 8.31. The minimum atomic E-state index is -3.49. The molecule has 0 saturated heterocycles. The van der Waals surface area contributed by atoms with Crippen molar-refractivity contribution < 1.29 is 13.2 Å². The normalized spacial score (nSPS) is 11.8. The smallest absolute Gasteiger partial charge is 0.260 e. The van der Waals surface area contributed by atoms with Crippen molar-refractivity contribution >= 4 is 66.4 Å². The zero-order valence-electron chi connectivity index (χ0n) is 18.6. The Labute approximate surface area is 204 Å². The summed E-state index contributed by atoms with van der Waals surface area (Å²) in [6.07, 6.45) is 0. The Bertz CT molecular complexity index is 1220. The number of benzene rings is 2. The summed E-state index contributed by atoms with van der Waals surface area (Å²) in [6.45, 7) is 6.23. The van der Waals surface area contributed by atoms with E-state index in [1.165, 1.54) is 23.5 Å². The van der Waals surface area contributed by atoms with Crippen LogP contribution in [0.4, 0.5) is 5.13 Å². The summed E-state index contributed by atoms with van der Waals surface area (Å²) < 4.78 is 26.1. The molecule has 0 aliphatic carbocycles. The molecule has 0 radical (unpaired) electrons. The highest BCUT2D eigenvalue weighted by atomic mass is 35.5. The molecule has 1 heterocycles. The van der Waals surface area contributed by atoms with Crippen LogP contribution >= 0.6 is 35.3 Å². The molecular formula is C22H27Cl2N3O3S2. The van der Waals surface area contributed by atoms with Gasteiger partial charge in [-0.25, -0.2) is 13.4 Å².